The lowest BCUT2D eigenvalue weighted by atomic mass is 10.2. The number of carbonyl (C=O) groups is 1. The number of amides is 1. The zero-order chi connectivity index (χ0) is 19.9. The topological polar surface area (TPSA) is 103 Å². The van der Waals surface area contributed by atoms with Gasteiger partial charge in [0.05, 0.1) is 5.56 Å². The average Bonchev–Trinajstić information content (AvgIpc) is 3.17. The third-order valence-corrected chi connectivity index (χ3v) is 4.33. The standard InChI is InChI=1S/C20H23N5O3/c1-3-11-25-14(2)6-7-16(20(25)27)19-23-18(28-24-19)9-8-17(26)22-13-15-5-4-10-21-12-15/h4-7,10,12H,3,8-9,11,13H2,1-2H3,(H,22,26). The minimum absolute atomic E-state index is 0.121. The Labute approximate surface area is 162 Å². The molecule has 8 nitrogen and oxygen atoms in total. The molecule has 0 aromatic carbocycles. The summed E-state index contributed by atoms with van der Waals surface area (Å²) in [5.41, 5.74) is 2.08. The Hall–Kier alpha value is -3.29. The van der Waals surface area contributed by atoms with Crippen molar-refractivity contribution in [3.63, 3.8) is 0 Å². The number of aromatic nitrogens is 4. The first-order valence-corrected chi connectivity index (χ1v) is 9.27. The van der Waals surface area contributed by atoms with Crippen LogP contribution < -0.4 is 10.9 Å². The van der Waals surface area contributed by atoms with Gasteiger partial charge in [0.25, 0.3) is 5.56 Å². The molecule has 0 bridgehead atoms. The van der Waals surface area contributed by atoms with Gasteiger partial charge in [-0.05, 0) is 37.1 Å². The summed E-state index contributed by atoms with van der Waals surface area (Å²) in [5, 5.41) is 6.73. The first kappa shape index (κ1) is 19.5. The van der Waals surface area contributed by atoms with Crippen LogP contribution in [0.1, 0.15) is 36.9 Å². The van der Waals surface area contributed by atoms with Gasteiger partial charge in [0.1, 0.15) is 0 Å². The van der Waals surface area contributed by atoms with Crippen molar-refractivity contribution in [1.29, 1.82) is 0 Å². The van der Waals surface area contributed by atoms with Crippen LogP contribution in [-0.2, 0) is 24.3 Å². The summed E-state index contributed by atoms with van der Waals surface area (Å²) in [5.74, 6) is 0.457. The Morgan fingerprint density at radius 1 is 1.29 bits per heavy atom. The van der Waals surface area contributed by atoms with E-state index in [0.29, 0.717) is 31.0 Å². The summed E-state index contributed by atoms with van der Waals surface area (Å²) in [6.07, 6.45) is 4.77. The highest BCUT2D eigenvalue weighted by Crippen LogP contribution is 2.13. The van der Waals surface area contributed by atoms with E-state index in [2.05, 4.69) is 20.4 Å². The van der Waals surface area contributed by atoms with Crippen LogP contribution in [0.2, 0.25) is 0 Å². The quantitative estimate of drug-likeness (QED) is 0.642. The third kappa shape index (κ3) is 4.70. The molecule has 146 valence electrons. The summed E-state index contributed by atoms with van der Waals surface area (Å²) >= 11 is 0. The molecule has 3 heterocycles. The molecule has 0 radical (unpaired) electrons. The van der Waals surface area contributed by atoms with Crippen LogP contribution in [0.25, 0.3) is 11.4 Å². The molecule has 1 amide bonds. The zero-order valence-corrected chi connectivity index (χ0v) is 16.0. The molecule has 0 aliphatic carbocycles. The monoisotopic (exact) mass is 381 g/mol. The maximum absolute atomic E-state index is 12.6. The molecule has 3 rings (SSSR count). The van der Waals surface area contributed by atoms with Crippen LogP contribution in [0.15, 0.2) is 46.0 Å². The fourth-order valence-corrected chi connectivity index (χ4v) is 2.82. The molecule has 0 atom stereocenters. The number of rotatable bonds is 8. The Morgan fingerprint density at radius 2 is 2.14 bits per heavy atom. The highest BCUT2D eigenvalue weighted by Gasteiger charge is 2.15. The number of pyridine rings is 2. The van der Waals surface area contributed by atoms with Crippen LogP contribution >= 0.6 is 0 Å². The van der Waals surface area contributed by atoms with Crippen LogP contribution in [0.4, 0.5) is 0 Å². The Kier molecular flexibility index (Phi) is 6.31. The van der Waals surface area contributed by atoms with E-state index < -0.39 is 0 Å². The predicted molar refractivity (Wildman–Crippen MR) is 103 cm³/mol. The van der Waals surface area contributed by atoms with Gasteiger partial charge in [-0.25, -0.2) is 0 Å². The highest BCUT2D eigenvalue weighted by molar-refractivity contribution is 5.76. The number of nitrogens with one attached hydrogen (secondary N) is 1. The summed E-state index contributed by atoms with van der Waals surface area (Å²) < 4.78 is 6.92. The van der Waals surface area contributed by atoms with Crippen LogP contribution in [0.3, 0.4) is 0 Å². The van der Waals surface area contributed by atoms with Crippen LogP contribution in [-0.4, -0.2) is 25.6 Å². The second kappa shape index (κ2) is 9.07. The van der Waals surface area contributed by atoms with Crippen LogP contribution in [0, 0.1) is 6.92 Å². The maximum Gasteiger partial charge on any atom is 0.261 e. The second-order valence-electron chi connectivity index (χ2n) is 6.49. The van der Waals surface area contributed by atoms with Crippen molar-refractivity contribution in [2.45, 2.75) is 46.2 Å². The van der Waals surface area contributed by atoms with Gasteiger partial charge in [0.2, 0.25) is 17.6 Å². The van der Waals surface area contributed by atoms with E-state index in [1.807, 2.05) is 32.0 Å². The molecule has 3 aromatic heterocycles. The second-order valence-corrected chi connectivity index (χ2v) is 6.49. The molecule has 0 saturated heterocycles. The number of nitrogens with zero attached hydrogens (tertiary/aromatic N) is 4. The van der Waals surface area contributed by atoms with Gasteiger partial charge in [-0.2, -0.15) is 4.98 Å². The molecular formula is C20H23N5O3. The molecule has 28 heavy (non-hydrogen) atoms. The van der Waals surface area contributed by atoms with E-state index in [4.69, 9.17) is 4.52 Å². The van der Waals surface area contributed by atoms with Gasteiger partial charge in [-0.3, -0.25) is 14.6 Å². The van der Waals surface area contributed by atoms with Crippen molar-refractivity contribution >= 4 is 5.91 Å². The van der Waals surface area contributed by atoms with E-state index in [9.17, 15) is 9.59 Å². The average molecular weight is 381 g/mol. The largest absolute Gasteiger partial charge is 0.352 e. The SMILES string of the molecule is CCCn1c(C)ccc(-c2noc(CCC(=O)NCc3cccnc3)n2)c1=O. The molecule has 1 N–H and O–H groups in total. The fourth-order valence-electron chi connectivity index (χ4n) is 2.82. The minimum atomic E-state index is -0.136. The summed E-state index contributed by atoms with van der Waals surface area (Å²) in [6, 6.07) is 7.29. The fraction of sp³-hybridized carbons (Fsp3) is 0.350. The van der Waals surface area contributed by atoms with Gasteiger partial charge in [0, 0.05) is 44.0 Å². The highest BCUT2D eigenvalue weighted by atomic mass is 16.5. The number of hydrogen-bond acceptors (Lipinski definition) is 6. The zero-order valence-electron chi connectivity index (χ0n) is 16.0. The smallest absolute Gasteiger partial charge is 0.261 e. The predicted octanol–water partition coefficient (Wildman–Crippen LogP) is 2.26. The summed E-state index contributed by atoms with van der Waals surface area (Å²) in [4.78, 5) is 32.9. The Morgan fingerprint density at radius 3 is 2.89 bits per heavy atom. The summed E-state index contributed by atoms with van der Waals surface area (Å²) in [6.45, 7) is 4.97. The number of carbonyl (C=O) groups excluding carboxylic acids is 1. The number of hydrogen-bond donors (Lipinski definition) is 1. The van der Waals surface area contributed by atoms with Gasteiger partial charge in [-0.1, -0.05) is 18.1 Å². The van der Waals surface area contributed by atoms with E-state index in [1.165, 1.54) is 0 Å². The van der Waals surface area contributed by atoms with Gasteiger partial charge in [-0.15, -0.1) is 0 Å². The van der Waals surface area contributed by atoms with Crippen molar-refractivity contribution < 1.29 is 9.32 Å². The molecule has 0 spiro atoms. The van der Waals surface area contributed by atoms with Gasteiger partial charge >= 0.3 is 0 Å². The van der Waals surface area contributed by atoms with E-state index in [0.717, 1.165) is 17.7 Å². The van der Waals surface area contributed by atoms with Crippen molar-refractivity contribution in [2.24, 2.45) is 0 Å². The molecular weight excluding hydrogens is 358 g/mol. The van der Waals surface area contributed by atoms with E-state index in [-0.39, 0.29) is 23.7 Å². The first-order valence-electron chi connectivity index (χ1n) is 9.27. The Balaban J connectivity index is 1.61. The van der Waals surface area contributed by atoms with Gasteiger partial charge < -0.3 is 14.4 Å². The third-order valence-electron chi connectivity index (χ3n) is 4.33. The molecule has 0 aliphatic heterocycles. The van der Waals surface area contributed by atoms with Gasteiger partial charge in [0.15, 0.2) is 0 Å². The molecule has 0 unspecified atom stereocenters. The minimum Gasteiger partial charge on any atom is -0.352 e. The van der Waals surface area contributed by atoms with Crippen molar-refractivity contribution in [3.05, 3.63) is 64.2 Å². The van der Waals surface area contributed by atoms with E-state index >= 15 is 0 Å². The lowest BCUT2D eigenvalue weighted by Gasteiger charge is -2.09. The molecule has 0 aliphatic rings. The van der Waals surface area contributed by atoms with E-state index in [1.54, 1.807) is 23.0 Å². The van der Waals surface area contributed by atoms with Crippen molar-refractivity contribution in [2.75, 3.05) is 0 Å². The first-order chi connectivity index (χ1) is 13.6. The Bertz CT molecular complexity index is 995. The van der Waals surface area contributed by atoms with Crippen LogP contribution in [0.5, 0.6) is 0 Å². The summed E-state index contributed by atoms with van der Waals surface area (Å²) in [7, 11) is 0. The maximum atomic E-state index is 12.6. The normalized spacial score (nSPS) is 10.8. The molecule has 0 fully saturated rings. The van der Waals surface area contributed by atoms with Crippen molar-refractivity contribution in [3.8, 4) is 11.4 Å². The van der Waals surface area contributed by atoms with Crippen molar-refractivity contribution in [1.82, 2.24) is 25.0 Å². The lowest BCUT2D eigenvalue weighted by molar-refractivity contribution is -0.121. The molecule has 8 heteroatoms. The number of aryl methyl sites for hydroxylation is 2. The molecule has 0 saturated carbocycles. The molecule has 3 aromatic rings. The lowest BCUT2D eigenvalue weighted by Crippen LogP contribution is -2.23.